The summed E-state index contributed by atoms with van der Waals surface area (Å²) in [6.45, 7) is 3.89. The zero-order valence-electron chi connectivity index (χ0n) is 12.9. The molecule has 1 N–H and O–H groups in total. The van der Waals surface area contributed by atoms with Gasteiger partial charge in [0, 0.05) is 12.5 Å². The van der Waals surface area contributed by atoms with Crippen molar-refractivity contribution in [2.45, 2.75) is 44.2 Å². The second-order valence-corrected chi connectivity index (χ2v) is 6.61. The summed E-state index contributed by atoms with van der Waals surface area (Å²) < 4.78 is 4.92. The van der Waals surface area contributed by atoms with Gasteiger partial charge < -0.3 is 9.84 Å². The first-order chi connectivity index (χ1) is 10.1. The summed E-state index contributed by atoms with van der Waals surface area (Å²) in [6, 6.07) is 0. The van der Waals surface area contributed by atoms with Crippen molar-refractivity contribution in [3.63, 3.8) is 0 Å². The Morgan fingerprint density at radius 1 is 1.62 bits per heavy atom. The molecule has 116 valence electrons. The average molecular weight is 291 g/mol. The normalized spacial score (nSPS) is 36.6. The molecule has 2 heterocycles. The molecule has 21 heavy (non-hydrogen) atoms. The first-order valence-electron chi connectivity index (χ1n) is 7.97. The Balaban J connectivity index is 2.00. The average Bonchev–Trinajstić information content (AvgIpc) is 2.49. The molecular formula is C17H25NO3. The van der Waals surface area contributed by atoms with Crippen LogP contribution < -0.4 is 0 Å². The Hall–Kier alpha value is -1.13. The lowest BCUT2D eigenvalue weighted by Gasteiger charge is -2.58. The van der Waals surface area contributed by atoms with Crippen LogP contribution in [0, 0.1) is 11.8 Å². The summed E-state index contributed by atoms with van der Waals surface area (Å²) in [4.78, 5) is 14.4. The van der Waals surface area contributed by atoms with E-state index in [-0.39, 0.29) is 29.4 Å². The van der Waals surface area contributed by atoms with Crippen LogP contribution in [0.1, 0.15) is 32.6 Å². The number of esters is 1. The Bertz CT molecular complexity index is 484. The second kappa shape index (κ2) is 5.58. The summed E-state index contributed by atoms with van der Waals surface area (Å²) in [5.74, 6) is -0.0841. The molecular weight excluding hydrogens is 266 g/mol. The number of carbonyl (C=O) groups is 1. The number of aliphatic hydroxyl groups is 1. The van der Waals surface area contributed by atoms with E-state index in [2.05, 4.69) is 23.1 Å². The summed E-state index contributed by atoms with van der Waals surface area (Å²) in [6.07, 6.45) is 9.89. The van der Waals surface area contributed by atoms with Crippen LogP contribution in [-0.2, 0) is 9.53 Å². The highest BCUT2D eigenvalue weighted by Gasteiger charge is 2.53. The van der Waals surface area contributed by atoms with Crippen LogP contribution in [-0.4, -0.2) is 47.8 Å². The molecule has 0 aromatic carbocycles. The maximum atomic E-state index is 11.9. The monoisotopic (exact) mass is 291 g/mol. The van der Waals surface area contributed by atoms with Gasteiger partial charge in [0.05, 0.1) is 24.7 Å². The van der Waals surface area contributed by atoms with Crippen molar-refractivity contribution >= 4 is 5.97 Å². The fourth-order valence-electron chi connectivity index (χ4n) is 4.59. The lowest BCUT2D eigenvalue weighted by Crippen LogP contribution is -2.64. The molecule has 1 saturated heterocycles. The Morgan fingerprint density at radius 3 is 3.19 bits per heavy atom. The Morgan fingerprint density at radius 2 is 2.43 bits per heavy atom. The van der Waals surface area contributed by atoms with Crippen LogP contribution >= 0.6 is 0 Å². The van der Waals surface area contributed by atoms with Gasteiger partial charge in [0.25, 0.3) is 0 Å². The third-order valence-corrected chi connectivity index (χ3v) is 5.51. The van der Waals surface area contributed by atoms with Gasteiger partial charge in [-0.05, 0) is 37.8 Å². The van der Waals surface area contributed by atoms with Gasteiger partial charge in [0.1, 0.15) is 0 Å². The highest BCUT2D eigenvalue weighted by molar-refractivity contribution is 5.72. The third-order valence-electron chi connectivity index (χ3n) is 5.51. The van der Waals surface area contributed by atoms with E-state index in [1.54, 1.807) is 0 Å². The zero-order chi connectivity index (χ0) is 15.0. The number of carbonyl (C=O) groups excluding carboxylic acids is 1. The molecule has 3 aliphatic rings. The van der Waals surface area contributed by atoms with Crippen LogP contribution in [0.2, 0.25) is 0 Å². The standard InChI is InChI=1S/C17H25NO3/c1-12(16(20)21-2)11-17-13-5-3-9-18(17)10-4-6-14(17)15(19)8-7-13/h3,5,7,12,14-15,19H,4,6,8-11H2,1-2H3/t12-,14-,15-,17-/m1/s1. The summed E-state index contributed by atoms with van der Waals surface area (Å²) in [5.41, 5.74) is 1.11. The molecule has 4 heteroatoms. The predicted octanol–water partition coefficient (Wildman–Crippen LogP) is 1.90. The number of hydrogen-bond acceptors (Lipinski definition) is 4. The maximum absolute atomic E-state index is 11.9. The van der Waals surface area contributed by atoms with Crippen molar-refractivity contribution in [3.8, 4) is 0 Å². The number of ether oxygens (including phenoxy) is 1. The van der Waals surface area contributed by atoms with E-state index in [1.807, 2.05) is 6.92 Å². The first kappa shape index (κ1) is 14.8. The lowest BCUT2D eigenvalue weighted by molar-refractivity contribution is -0.147. The molecule has 4 nitrogen and oxygen atoms in total. The van der Waals surface area contributed by atoms with Crippen molar-refractivity contribution in [3.05, 3.63) is 23.8 Å². The molecule has 0 aromatic heterocycles. The lowest BCUT2D eigenvalue weighted by atomic mass is 9.61. The maximum Gasteiger partial charge on any atom is 0.308 e. The highest BCUT2D eigenvalue weighted by Crippen LogP contribution is 2.50. The number of nitrogens with zero attached hydrogens (tertiary/aromatic N) is 1. The third kappa shape index (κ3) is 2.25. The molecule has 0 radical (unpaired) electrons. The van der Waals surface area contributed by atoms with Crippen LogP contribution in [0.3, 0.4) is 0 Å². The van der Waals surface area contributed by atoms with E-state index in [1.165, 1.54) is 12.7 Å². The molecule has 1 aliphatic carbocycles. The summed E-state index contributed by atoms with van der Waals surface area (Å²) in [5, 5.41) is 10.5. The summed E-state index contributed by atoms with van der Waals surface area (Å²) in [7, 11) is 1.45. The van der Waals surface area contributed by atoms with Crippen molar-refractivity contribution < 1.29 is 14.6 Å². The number of hydrogen-bond donors (Lipinski definition) is 1. The number of piperidine rings is 1. The SMILES string of the molecule is COC(=O)[C@H](C)C[C@@]12C3=CC[C@@H](O)[C@H]1CCCN2CC=C3. The van der Waals surface area contributed by atoms with Gasteiger partial charge in [-0.3, -0.25) is 9.69 Å². The molecule has 0 amide bonds. The van der Waals surface area contributed by atoms with Gasteiger partial charge >= 0.3 is 5.97 Å². The Kier molecular flexibility index (Phi) is 3.93. The van der Waals surface area contributed by atoms with Crippen LogP contribution in [0.15, 0.2) is 23.8 Å². The van der Waals surface area contributed by atoms with Crippen LogP contribution in [0.5, 0.6) is 0 Å². The smallest absolute Gasteiger partial charge is 0.308 e. The van der Waals surface area contributed by atoms with Crippen LogP contribution in [0.25, 0.3) is 0 Å². The molecule has 4 atom stereocenters. The van der Waals surface area contributed by atoms with Crippen molar-refractivity contribution in [1.82, 2.24) is 4.90 Å². The van der Waals surface area contributed by atoms with Gasteiger partial charge in [-0.2, -0.15) is 0 Å². The fourth-order valence-corrected chi connectivity index (χ4v) is 4.59. The van der Waals surface area contributed by atoms with Gasteiger partial charge in [-0.25, -0.2) is 0 Å². The molecule has 1 fully saturated rings. The molecule has 0 unspecified atom stereocenters. The van der Waals surface area contributed by atoms with Gasteiger partial charge in [-0.15, -0.1) is 0 Å². The van der Waals surface area contributed by atoms with Crippen LogP contribution in [0.4, 0.5) is 0 Å². The van der Waals surface area contributed by atoms with Gasteiger partial charge in [0.2, 0.25) is 0 Å². The van der Waals surface area contributed by atoms with E-state index in [9.17, 15) is 9.90 Å². The van der Waals surface area contributed by atoms with E-state index in [0.29, 0.717) is 0 Å². The minimum absolute atomic E-state index is 0.154. The van der Waals surface area contributed by atoms with E-state index in [0.717, 1.165) is 38.8 Å². The Labute approximate surface area is 126 Å². The number of methoxy groups -OCH3 is 1. The zero-order valence-corrected chi connectivity index (χ0v) is 12.9. The molecule has 0 spiro atoms. The molecule has 2 aliphatic heterocycles. The van der Waals surface area contributed by atoms with Gasteiger partial charge in [-0.1, -0.05) is 25.2 Å². The van der Waals surface area contributed by atoms with Crippen molar-refractivity contribution in [2.24, 2.45) is 11.8 Å². The largest absolute Gasteiger partial charge is 0.469 e. The minimum Gasteiger partial charge on any atom is -0.469 e. The second-order valence-electron chi connectivity index (χ2n) is 6.61. The predicted molar refractivity (Wildman–Crippen MR) is 80.7 cm³/mol. The minimum atomic E-state index is -0.298. The van der Waals surface area contributed by atoms with E-state index in [4.69, 9.17) is 4.74 Å². The molecule has 0 aromatic rings. The van der Waals surface area contributed by atoms with E-state index >= 15 is 0 Å². The number of aliphatic hydroxyl groups excluding tert-OH is 1. The molecule has 3 rings (SSSR count). The summed E-state index contributed by atoms with van der Waals surface area (Å²) >= 11 is 0. The first-order valence-corrected chi connectivity index (χ1v) is 7.97. The highest BCUT2D eigenvalue weighted by atomic mass is 16.5. The van der Waals surface area contributed by atoms with E-state index < -0.39 is 0 Å². The van der Waals surface area contributed by atoms with Crippen molar-refractivity contribution in [1.29, 1.82) is 0 Å². The quantitative estimate of drug-likeness (QED) is 0.807. The fraction of sp³-hybridized carbons (Fsp3) is 0.706. The van der Waals surface area contributed by atoms with Gasteiger partial charge in [0.15, 0.2) is 0 Å². The molecule has 0 saturated carbocycles. The topological polar surface area (TPSA) is 49.8 Å². The number of rotatable bonds is 3. The van der Waals surface area contributed by atoms with Crippen molar-refractivity contribution in [2.75, 3.05) is 20.2 Å². The molecule has 0 bridgehead atoms.